The van der Waals surface area contributed by atoms with Crippen LogP contribution in [-0.4, -0.2) is 5.97 Å². The number of carboxylic acid groups (broad SMARTS) is 1. The SMILES string of the molecule is Nc1ccc(C(=O)[O-])cc1.[Cs+]. The summed E-state index contributed by atoms with van der Waals surface area (Å²) in [7, 11) is 0. The van der Waals surface area contributed by atoms with Gasteiger partial charge in [0.25, 0.3) is 0 Å². The molecular weight excluding hydrogens is 263 g/mol. The summed E-state index contributed by atoms with van der Waals surface area (Å²) in [5, 5.41) is 10.2. The summed E-state index contributed by atoms with van der Waals surface area (Å²) in [6, 6.07) is 5.85. The number of nitrogens with two attached hydrogens (primary N) is 1. The fourth-order valence-corrected chi connectivity index (χ4v) is 0.619. The van der Waals surface area contributed by atoms with Crippen molar-refractivity contribution in [2.45, 2.75) is 0 Å². The molecule has 1 aromatic carbocycles. The molecule has 0 bridgehead atoms. The van der Waals surface area contributed by atoms with Gasteiger partial charge in [-0.15, -0.1) is 0 Å². The Morgan fingerprint density at radius 1 is 1.27 bits per heavy atom. The van der Waals surface area contributed by atoms with Gasteiger partial charge in [-0.05, 0) is 17.7 Å². The van der Waals surface area contributed by atoms with Gasteiger partial charge in [0.05, 0.1) is 5.97 Å². The molecule has 1 aromatic rings. The molecule has 52 valence electrons. The second-order valence-corrected chi connectivity index (χ2v) is 1.91. The molecule has 0 saturated heterocycles. The summed E-state index contributed by atoms with van der Waals surface area (Å²) in [6.07, 6.45) is 0. The Morgan fingerprint density at radius 2 is 1.73 bits per heavy atom. The van der Waals surface area contributed by atoms with Crippen LogP contribution in [-0.2, 0) is 0 Å². The molecule has 0 unspecified atom stereocenters. The van der Waals surface area contributed by atoms with E-state index in [-0.39, 0.29) is 74.5 Å². The third-order valence-corrected chi connectivity index (χ3v) is 1.15. The van der Waals surface area contributed by atoms with E-state index in [1.54, 1.807) is 0 Å². The zero-order valence-corrected chi connectivity index (χ0v) is 12.5. The molecule has 0 aliphatic rings. The molecule has 0 spiro atoms. The maximum atomic E-state index is 10.2. The minimum Gasteiger partial charge on any atom is -0.545 e. The average Bonchev–Trinajstić information content (AvgIpc) is 1.88. The summed E-state index contributed by atoms with van der Waals surface area (Å²) in [5.41, 5.74) is 6.01. The number of aromatic carboxylic acids is 1. The van der Waals surface area contributed by atoms with E-state index < -0.39 is 5.97 Å². The van der Waals surface area contributed by atoms with Crippen molar-refractivity contribution in [3.05, 3.63) is 29.8 Å². The standard InChI is InChI=1S/C7H7NO2.Cs/c8-6-3-1-5(2-4-6)7(9)10;/h1-4H,8H2,(H,9,10);/q;+1/p-1. The van der Waals surface area contributed by atoms with E-state index >= 15 is 0 Å². The molecule has 0 aromatic heterocycles. The molecule has 1 rings (SSSR count). The van der Waals surface area contributed by atoms with E-state index in [0.717, 1.165) is 0 Å². The molecule has 4 heteroatoms. The predicted molar refractivity (Wildman–Crippen MR) is 35.2 cm³/mol. The normalized spacial score (nSPS) is 8.36. The molecule has 11 heavy (non-hydrogen) atoms. The molecule has 2 N–H and O–H groups in total. The maximum absolute atomic E-state index is 10.2. The third kappa shape index (κ3) is 3.64. The van der Waals surface area contributed by atoms with Crippen LogP contribution >= 0.6 is 0 Å². The Kier molecular flexibility index (Phi) is 5.49. The zero-order chi connectivity index (χ0) is 7.56. The molecule has 0 heterocycles. The van der Waals surface area contributed by atoms with Gasteiger partial charge < -0.3 is 15.6 Å². The van der Waals surface area contributed by atoms with Crippen molar-refractivity contribution in [3.63, 3.8) is 0 Å². The summed E-state index contributed by atoms with van der Waals surface area (Å²) < 4.78 is 0. The molecular formula is C7H6CsNO2. The minimum atomic E-state index is -1.18. The van der Waals surface area contributed by atoms with Crippen LogP contribution in [0.5, 0.6) is 0 Å². The van der Waals surface area contributed by atoms with Crippen molar-refractivity contribution in [2.24, 2.45) is 0 Å². The summed E-state index contributed by atoms with van der Waals surface area (Å²) in [5.74, 6) is -1.18. The minimum absolute atomic E-state index is 0. The van der Waals surface area contributed by atoms with Crippen LogP contribution < -0.4 is 79.7 Å². The Hall–Kier alpha value is 0.542. The van der Waals surface area contributed by atoms with Crippen molar-refractivity contribution in [1.82, 2.24) is 0 Å². The largest absolute Gasteiger partial charge is 1.00 e. The van der Waals surface area contributed by atoms with Crippen LogP contribution in [0.1, 0.15) is 10.4 Å². The van der Waals surface area contributed by atoms with E-state index in [4.69, 9.17) is 5.73 Å². The van der Waals surface area contributed by atoms with Gasteiger partial charge in [-0.2, -0.15) is 0 Å². The molecule has 0 saturated carbocycles. The van der Waals surface area contributed by atoms with Crippen molar-refractivity contribution < 1.29 is 78.8 Å². The fraction of sp³-hybridized carbons (Fsp3) is 0. The first-order chi connectivity index (χ1) is 4.70. The first-order valence-electron chi connectivity index (χ1n) is 2.77. The molecule has 0 amide bonds. The molecule has 0 radical (unpaired) electrons. The second kappa shape index (κ2) is 5.23. The van der Waals surface area contributed by atoms with Gasteiger partial charge in [0.1, 0.15) is 0 Å². The Bertz CT molecular complexity index is 245. The van der Waals surface area contributed by atoms with E-state index in [0.29, 0.717) is 5.69 Å². The molecule has 3 nitrogen and oxygen atoms in total. The number of anilines is 1. The number of carbonyl (C=O) groups excluding carboxylic acids is 1. The summed E-state index contributed by atoms with van der Waals surface area (Å²) in [4.78, 5) is 10.2. The van der Waals surface area contributed by atoms with Crippen molar-refractivity contribution >= 4 is 11.7 Å². The predicted octanol–water partition coefficient (Wildman–Crippen LogP) is -3.36. The molecule has 0 atom stereocenters. The van der Waals surface area contributed by atoms with Crippen LogP contribution in [0.15, 0.2) is 24.3 Å². The smallest absolute Gasteiger partial charge is 0.545 e. The third-order valence-electron chi connectivity index (χ3n) is 1.15. The van der Waals surface area contributed by atoms with E-state index in [1.807, 2.05) is 0 Å². The Labute approximate surface area is 123 Å². The van der Waals surface area contributed by atoms with E-state index in [9.17, 15) is 9.90 Å². The fourth-order valence-electron chi connectivity index (χ4n) is 0.619. The van der Waals surface area contributed by atoms with Crippen LogP contribution in [0.4, 0.5) is 5.69 Å². The number of hydrogen-bond acceptors (Lipinski definition) is 3. The number of hydrogen-bond donors (Lipinski definition) is 1. The van der Waals surface area contributed by atoms with Crippen molar-refractivity contribution in [3.8, 4) is 0 Å². The van der Waals surface area contributed by atoms with Gasteiger partial charge >= 0.3 is 68.9 Å². The first kappa shape index (κ1) is 11.5. The average molecular weight is 269 g/mol. The molecule has 0 aliphatic heterocycles. The quantitative estimate of drug-likeness (QED) is 0.541. The number of rotatable bonds is 1. The van der Waals surface area contributed by atoms with Gasteiger partial charge in [0.15, 0.2) is 0 Å². The second-order valence-electron chi connectivity index (χ2n) is 1.91. The van der Waals surface area contributed by atoms with Crippen LogP contribution in [0.2, 0.25) is 0 Å². The zero-order valence-electron chi connectivity index (χ0n) is 6.20. The van der Waals surface area contributed by atoms with E-state index in [2.05, 4.69) is 0 Å². The van der Waals surface area contributed by atoms with Gasteiger partial charge in [-0.25, -0.2) is 0 Å². The molecule has 0 aliphatic carbocycles. The van der Waals surface area contributed by atoms with Gasteiger partial charge in [-0.3, -0.25) is 0 Å². The number of benzene rings is 1. The summed E-state index contributed by atoms with van der Waals surface area (Å²) >= 11 is 0. The first-order valence-corrected chi connectivity index (χ1v) is 2.77. The van der Waals surface area contributed by atoms with E-state index in [1.165, 1.54) is 24.3 Å². The van der Waals surface area contributed by atoms with Crippen molar-refractivity contribution in [2.75, 3.05) is 5.73 Å². The van der Waals surface area contributed by atoms with Crippen LogP contribution in [0, 0.1) is 0 Å². The summed E-state index contributed by atoms with van der Waals surface area (Å²) in [6.45, 7) is 0. The van der Waals surface area contributed by atoms with Crippen LogP contribution in [0.25, 0.3) is 0 Å². The van der Waals surface area contributed by atoms with Gasteiger partial charge in [-0.1, -0.05) is 12.1 Å². The number of nitrogen functional groups attached to an aromatic ring is 1. The molecule has 0 fully saturated rings. The van der Waals surface area contributed by atoms with Crippen molar-refractivity contribution in [1.29, 1.82) is 0 Å². The monoisotopic (exact) mass is 269 g/mol. The van der Waals surface area contributed by atoms with Crippen LogP contribution in [0.3, 0.4) is 0 Å². The number of carboxylic acids is 1. The Balaban J connectivity index is 0.000001000. The van der Waals surface area contributed by atoms with Gasteiger partial charge in [0.2, 0.25) is 0 Å². The number of carbonyl (C=O) groups is 1. The maximum Gasteiger partial charge on any atom is 1.00 e. The Morgan fingerprint density at radius 3 is 2.09 bits per heavy atom. The van der Waals surface area contributed by atoms with Gasteiger partial charge in [0, 0.05) is 5.69 Å². The topological polar surface area (TPSA) is 66.2 Å².